The van der Waals surface area contributed by atoms with E-state index in [0.717, 1.165) is 5.69 Å². The first-order valence-corrected chi connectivity index (χ1v) is 6.87. The van der Waals surface area contributed by atoms with Gasteiger partial charge in [-0.1, -0.05) is 25.4 Å². The first-order chi connectivity index (χ1) is 9.51. The van der Waals surface area contributed by atoms with Crippen LogP contribution in [0.25, 0.3) is 0 Å². The Labute approximate surface area is 123 Å². The van der Waals surface area contributed by atoms with E-state index < -0.39 is 6.10 Å². The van der Waals surface area contributed by atoms with Gasteiger partial charge in [0, 0.05) is 17.8 Å². The van der Waals surface area contributed by atoms with Gasteiger partial charge >= 0.3 is 0 Å². The lowest BCUT2D eigenvalue weighted by Crippen LogP contribution is -2.45. The van der Waals surface area contributed by atoms with Crippen LogP contribution in [-0.4, -0.2) is 41.6 Å². The standard InChI is InChI=1S/C14H16ClN3O2/c1-9(2)12-5-10(6-13(15)17-12)14(19)18-3-4-20-11(7-16)8-18/h5-6,9,11H,3-4,8H2,1-2H3. The van der Waals surface area contributed by atoms with Gasteiger partial charge in [0.15, 0.2) is 6.10 Å². The molecule has 1 saturated heterocycles. The number of carbonyl (C=O) groups is 1. The SMILES string of the molecule is CC(C)c1cc(C(=O)N2CCOC(C#N)C2)cc(Cl)n1. The Balaban J connectivity index is 2.22. The van der Waals surface area contributed by atoms with Crippen LogP contribution in [-0.2, 0) is 4.74 Å². The number of pyridine rings is 1. The van der Waals surface area contributed by atoms with Crippen molar-refractivity contribution < 1.29 is 9.53 Å². The molecule has 0 saturated carbocycles. The molecule has 1 atom stereocenters. The second-order valence-corrected chi connectivity index (χ2v) is 5.39. The number of halogens is 1. The quantitative estimate of drug-likeness (QED) is 0.784. The minimum atomic E-state index is -0.561. The minimum Gasteiger partial charge on any atom is -0.360 e. The molecule has 20 heavy (non-hydrogen) atoms. The lowest BCUT2D eigenvalue weighted by molar-refractivity contribution is 0.00346. The Hall–Kier alpha value is -1.64. The summed E-state index contributed by atoms with van der Waals surface area (Å²) in [4.78, 5) is 18.3. The lowest BCUT2D eigenvalue weighted by Gasteiger charge is -2.30. The summed E-state index contributed by atoms with van der Waals surface area (Å²) in [6.45, 7) is 5.13. The molecule has 0 spiro atoms. The molecule has 0 N–H and O–H groups in total. The Bertz CT molecular complexity index is 554. The van der Waals surface area contributed by atoms with Gasteiger partial charge in [-0.3, -0.25) is 4.79 Å². The van der Waals surface area contributed by atoms with Gasteiger partial charge < -0.3 is 9.64 Å². The number of morpholine rings is 1. The van der Waals surface area contributed by atoms with Crippen molar-refractivity contribution in [2.24, 2.45) is 0 Å². The van der Waals surface area contributed by atoms with E-state index in [1.165, 1.54) is 0 Å². The molecule has 1 amide bonds. The number of amides is 1. The van der Waals surface area contributed by atoms with Gasteiger partial charge in [0.05, 0.1) is 19.2 Å². The molecule has 0 bridgehead atoms. The van der Waals surface area contributed by atoms with Crippen LogP contribution in [0.3, 0.4) is 0 Å². The monoisotopic (exact) mass is 293 g/mol. The van der Waals surface area contributed by atoms with Gasteiger partial charge in [-0.05, 0) is 18.1 Å². The maximum absolute atomic E-state index is 12.5. The largest absolute Gasteiger partial charge is 0.360 e. The summed E-state index contributed by atoms with van der Waals surface area (Å²) in [5.74, 6) is 0.0524. The van der Waals surface area contributed by atoms with E-state index in [1.807, 2.05) is 19.9 Å². The number of ether oxygens (including phenoxy) is 1. The Kier molecular flexibility index (Phi) is 4.58. The summed E-state index contributed by atoms with van der Waals surface area (Å²) < 4.78 is 5.24. The molecule has 6 heteroatoms. The fourth-order valence-electron chi connectivity index (χ4n) is 2.03. The van der Waals surface area contributed by atoms with E-state index in [4.69, 9.17) is 21.6 Å². The van der Waals surface area contributed by atoms with Crippen molar-refractivity contribution in [2.45, 2.75) is 25.9 Å². The molecule has 1 fully saturated rings. The van der Waals surface area contributed by atoms with E-state index in [2.05, 4.69) is 4.98 Å². The van der Waals surface area contributed by atoms with E-state index >= 15 is 0 Å². The average Bonchev–Trinajstić information content (AvgIpc) is 2.45. The molecule has 1 aliphatic heterocycles. The highest BCUT2D eigenvalue weighted by atomic mass is 35.5. The molecule has 0 aliphatic carbocycles. The van der Waals surface area contributed by atoms with Gasteiger partial charge in [0.25, 0.3) is 5.91 Å². The zero-order valence-corrected chi connectivity index (χ0v) is 12.2. The number of carbonyl (C=O) groups excluding carboxylic acids is 1. The fraction of sp³-hybridized carbons (Fsp3) is 0.500. The van der Waals surface area contributed by atoms with E-state index in [1.54, 1.807) is 17.0 Å². The summed E-state index contributed by atoms with van der Waals surface area (Å²) >= 11 is 5.97. The normalized spacial score (nSPS) is 18.9. The number of rotatable bonds is 2. The maximum atomic E-state index is 12.5. The summed E-state index contributed by atoms with van der Waals surface area (Å²) in [5.41, 5.74) is 1.29. The smallest absolute Gasteiger partial charge is 0.254 e. The molecule has 106 valence electrons. The third-order valence-electron chi connectivity index (χ3n) is 3.15. The molecular weight excluding hydrogens is 278 g/mol. The molecule has 0 aromatic carbocycles. The Morgan fingerprint density at radius 1 is 1.60 bits per heavy atom. The van der Waals surface area contributed by atoms with Gasteiger partial charge in [-0.15, -0.1) is 0 Å². The van der Waals surface area contributed by atoms with Crippen molar-refractivity contribution in [2.75, 3.05) is 19.7 Å². The lowest BCUT2D eigenvalue weighted by atomic mass is 10.1. The van der Waals surface area contributed by atoms with E-state index in [9.17, 15) is 4.79 Å². The zero-order valence-electron chi connectivity index (χ0n) is 11.5. The highest BCUT2D eigenvalue weighted by Gasteiger charge is 2.25. The summed E-state index contributed by atoms with van der Waals surface area (Å²) in [6.07, 6.45) is -0.561. The third-order valence-corrected chi connectivity index (χ3v) is 3.34. The summed E-state index contributed by atoms with van der Waals surface area (Å²) in [5, 5.41) is 9.19. The van der Waals surface area contributed by atoms with E-state index in [0.29, 0.717) is 23.9 Å². The predicted octanol–water partition coefficient (Wildman–Crippen LogP) is 2.22. The van der Waals surface area contributed by atoms with Crippen molar-refractivity contribution in [3.05, 3.63) is 28.5 Å². The number of hydrogen-bond donors (Lipinski definition) is 0. The number of nitrogens with zero attached hydrogens (tertiary/aromatic N) is 3. The Morgan fingerprint density at radius 3 is 3.00 bits per heavy atom. The van der Waals surface area contributed by atoms with Gasteiger partial charge in [0.2, 0.25) is 0 Å². The van der Waals surface area contributed by atoms with Crippen LogP contribution in [0.2, 0.25) is 5.15 Å². The first kappa shape index (κ1) is 14.8. The van der Waals surface area contributed by atoms with Crippen molar-refractivity contribution in [3.63, 3.8) is 0 Å². The summed E-state index contributed by atoms with van der Waals surface area (Å²) in [6, 6.07) is 5.35. The van der Waals surface area contributed by atoms with Crippen LogP contribution >= 0.6 is 11.6 Å². The van der Waals surface area contributed by atoms with Crippen LogP contribution in [0.1, 0.15) is 35.8 Å². The van der Waals surface area contributed by atoms with Crippen molar-refractivity contribution in [3.8, 4) is 6.07 Å². The second kappa shape index (κ2) is 6.21. The van der Waals surface area contributed by atoms with Crippen molar-refractivity contribution in [1.82, 2.24) is 9.88 Å². The molecule has 1 aromatic rings. The van der Waals surface area contributed by atoms with Crippen LogP contribution < -0.4 is 0 Å². The molecule has 1 aliphatic rings. The van der Waals surface area contributed by atoms with Crippen LogP contribution in [0.15, 0.2) is 12.1 Å². The summed E-state index contributed by atoms with van der Waals surface area (Å²) in [7, 11) is 0. The molecular formula is C14H16ClN3O2. The molecule has 2 rings (SSSR count). The molecule has 1 unspecified atom stereocenters. The second-order valence-electron chi connectivity index (χ2n) is 5.00. The molecule has 0 radical (unpaired) electrons. The van der Waals surface area contributed by atoms with E-state index in [-0.39, 0.29) is 18.4 Å². The van der Waals surface area contributed by atoms with Crippen LogP contribution in [0.4, 0.5) is 0 Å². The Morgan fingerprint density at radius 2 is 2.35 bits per heavy atom. The van der Waals surface area contributed by atoms with Gasteiger partial charge in [-0.2, -0.15) is 5.26 Å². The highest BCUT2D eigenvalue weighted by Crippen LogP contribution is 2.19. The molecule has 1 aromatic heterocycles. The van der Waals surface area contributed by atoms with Gasteiger partial charge in [-0.25, -0.2) is 4.98 Å². The number of aromatic nitrogens is 1. The van der Waals surface area contributed by atoms with Crippen molar-refractivity contribution in [1.29, 1.82) is 5.26 Å². The van der Waals surface area contributed by atoms with Crippen LogP contribution in [0, 0.1) is 11.3 Å². The molecule has 2 heterocycles. The minimum absolute atomic E-state index is 0.139. The van der Waals surface area contributed by atoms with Crippen molar-refractivity contribution >= 4 is 17.5 Å². The number of nitriles is 1. The highest BCUT2D eigenvalue weighted by molar-refractivity contribution is 6.29. The predicted molar refractivity (Wildman–Crippen MR) is 74.6 cm³/mol. The average molecular weight is 294 g/mol. The number of hydrogen-bond acceptors (Lipinski definition) is 4. The topological polar surface area (TPSA) is 66.2 Å². The fourth-order valence-corrected chi connectivity index (χ4v) is 2.25. The molecule has 5 nitrogen and oxygen atoms in total. The van der Waals surface area contributed by atoms with Gasteiger partial charge in [0.1, 0.15) is 5.15 Å². The maximum Gasteiger partial charge on any atom is 0.254 e. The van der Waals surface area contributed by atoms with Crippen LogP contribution in [0.5, 0.6) is 0 Å². The zero-order chi connectivity index (χ0) is 14.7. The third kappa shape index (κ3) is 3.27. The first-order valence-electron chi connectivity index (χ1n) is 6.49.